The zero-order chi connectivity index (χ0) is 9.68. The average molecular weight is 197 g/mol. The summed E-state index contributed by atoms with van der Waals surface area (Å²) in [7, 11) is 1.36. The van der Waals surface area contributed by atoms with E-state index >= 15 is 0 Å². The Morgan fingerprint density at radius 1 is 1.62 bits per heavy atom. The van der Waals surface area contributed by atoms with Gasteiger partial charge in [-0.05, 0) is 18.4 Å². The first-order chi connectivity index (χ1) is 6.27. The van der Waals surface area contributed by atoms with E-state index < -0.39 is 0 Å². The predicted molar refractivity (Wildman–Crippen MR) is 52.8 cm³/mol. The minimum atomic E-state index is -0.344. The normalized spacial score (nSPS) is 9.69. The van der Waals surface area contributed by atoms with E-state index in [0.717, 1.165) is 11.4 Å². The van der Waals surface area contributed by atoms with Crippen LogP contribution in [-0.2, 0) is 10.5 Å². The Kier molecular flexibility index (Phi) is 3.76. The van der Waals surface area contributed by atoms with Gasteiger partial charge >= 0.3 is 5.97 Å². The van der Waals surface area contributed by atoms with Crippen molar-refractivity contribution in [1.29, 1.82) is 0 Å². The number of hydrogen-bond donors (Lipinski definition) is 0. The van der Waals surface area contributed by atoms with Gasteiger partial charge in [-0.2, -0.15) is 11.8 Å². The third-order valence-electron chi connectivity index (χ3n) is 1.54. The standard InChI is InChI=1S/C9H11NO2S/c1-12-9(11)7-3-4-8(6-13-2)10-5-7/h3-5H,6H2,1-2H3. The Balaban J connectivity index is 2.75. The van der Waals surface area contributed by atoms with Crippen LogP contribution in [0.4, 0.5) is 0 Å². The maximum Gasteiger partial charge on any atom is 0.339 e. The minimum Gasteiger partial charge on any atom is -0.465 e. The number of carbonyl (C=O) groups is 1. The van der Waals surface area contributed by atoms with E-state index in [1.54, 1.807) is 17.8 Å². The summed E-state index contributed by atoms with van der Waals surface area (Å²) >= 11 is 1.70. The van der Waals surface area contributed by atoms with Gasteiger partial charge in [0.1, 0.15) is 0 Å². The Morgan fingerprint density at radius 3 is 2.85 bits per heavy atom. The largest absolute Gasteiger partial charge is 0.465 e. The molecule has 1 rings (SSSR count). The molecule has 13 heavy (non-hydrogen) atoms. The molecule has 0 N–H and O–H groups in total. The van der Waals surface area contributed by atoms with E-state index in [4.69, 9.17) is 0 Å². The Labute approximate surface area is 81.5 Å². The van der Waals surface area contributed by atoms with Crippen molar-refractivity contribution in [3.05, 3.63) is 29.6 Å². The molecular formula is C9H11NO2S. The molecule has 0 fully saturated rings. The number of carbonyl (C=O) groups excluding carboxylic acids is 1. The van der Waals surface area contributed by atoms with E-state index in [-0.39, 0.29) is 5.97 Å². The molecule has 0 saturated carbocycles. The summed E-state index contributed by atoms with van der Waals surface area (Å²) in [6, 6.07) is 3.56. The van der Waals surface area contributed by atoms with Crippen molar-refractivity contribution in [2.75, 3.05) is 13.4 Å². The van der Waals surface area contributed by atoms with Crippen LogP contribution in [0.2, 0.25) is 0 Å². The summed E-state index contributed by atoms with van der Waals surface area (Å²) < 4.78 is 4.55. The van der Waals surface area contributed by atoms with Gasteiger partial charge in [-0.1, -0.05) is 0 Å². The average Bonchev–Trinajstić information content (AvgIpc) is 2.18. The van der Waals surface area contributed by atoms with Crippen LogP contribution in [0.1, 0.15) is 16.1 Å². The van der Waals surface area contributed by atoms with Crippen LogP contribution in [0.25, 0.3) is 0 Å². The van der Waals surface area contributed by atoms with E-state index in [0.29, 0.717) is 5.56 Å². The molecule has 0 amide bonds. The molecule has 1 aromatic heterocycles. The van der Waals surface area contributed by atoms with Crippen LogP contribution < -0.4 is 0 Å². The number of esters is 1. The Morgan fingerprint density at radius 2 is 2.38 bits per heavy atom. The van der Waals surface area contributed by atoms with Gasteiger partial charge in [0.25, 0.3) is 0 Å². The molecule has 4 heteroatoms. The van der Waals surface area contributed by atoms with Gasteiger partial charge in [0.2, 0.25) is 0 Å². The smallest absolute Gasteiger partial charge is 0.339 e. The second kappa shape index (κ2) is 4.87. The summed E-state index contributed by atoms with van der Waals surface area (Å²) in [6.07, 6.45) is 3.55. The van der Waals surface area contributed by atoms with Crippen molar-refractivity contribution in [2.24, 2.45) is 0 Å². The number of aromatic nitrogens is 1. The van der Waals surface area contributed by atoms with Gasteiger partial charge in [-0.3, -0.25) is 4.98 Å². The Bertz CT molecular complexity index is 284. The molecule has 3 nitrogen and oxygen atoms in total. The second-order valence-corrected chi connectivity index (χ2v) is 3.33. The molecule has 0 atom stereocenters. The molecule has 0 aliphatic heterocycles. The quantitative estimate of drug-likeness (QED) is 0.692. The highest BCUT2D eigenvalue weighted by atomic mass is 32.2. The molecule has 0 saturated heterocycles. The van der Waals surface area contributed by atoms with Gasteiger partial charge in [-0.25, -0.2) is 4.79 Å². The number of pyridine rings is 1. The predicted octanol–water partition coefficient (Wildman–Crippen LogP) is 1.73. The maximum atomic E-state index is 11.0. The lowest BCUT2D eigenvalue weighted by Gasteiger charge is -1.99. The first-order valence-electron chi connectivity index (χ1n) is 3.80. The summed E-state index contributed by atoms with van der Waals surface area (Å²) in [5.41, 5.74) is 1.47. The molecule has 0 aliphatic rings. The zero-order valence-electron chi connectivity index (χ0n) is 7.61. The monoisotopic (exact) mass is 197 g/mol. The number of hydrogen-bond acceptors (Lipinski definition) is 4. The lowest BCUT2D eigenvalue weighted by Crippen LogP contribution is -2.02. The van der Waals surface area contributed by atoms with Crippen LogP contribution in [0.5, 0.6) is 0 Å². The van der Waals surface area contributed by atoms with Crippen LogP contribution in [0, 0.1) is 0 Å². The Hall–Kier alpha value is -1.03. The molecule has 0 bridgehead atoms. The lowest BCUT2D eigenvalue weighted by molar-refractivity contribution is 0.0600. The van der Waals surface area contributed by atoms with E-state index in [1.807, 2.05) is 12.3 Å². The molecular weight excluding hydrogens is 186 g/mol. The number of thioether (sulfide) groups is 1. The molecule has 0 radical (unpaired) electrons. The van der Waals surface area contributed by atoms with Gasteiger partial charge in [0.05, 0.1) is 18.4 Å². The van der Waals surface area contributed by atoms with Crippen LogP contribution >= 0.6 is 11.8 Å². The molecule has 0 aliphatic carbocycles. The second-order valence-electron chi connectivity index (χ2n) is 2.46. The van der Waals surface area contributed by atoms with Crippen LogP contribution in [0.3, 0.4) is 0 Å². The number of methoxy groups -OCH3 is 1. The van der Waals surface area contributed by atoms with E-state index in [2.05, 4.69) is 9.72 Å². The molecule has 0 spiro atoms. The summed E-state index contributed by atoms with van der Waals surface area (Å²) in [5, 5.41) is 0. The van der Waals surface area contributed by atoms with Crippen molar-refractivity contribution in [3.63, 3.8) is 0 Å². The van der Waals surface area contributed by atoms with Gasteiger partial charge in [-0.15, -0.1) is 0 Å². The highest BCUT2D eigenvalue weighted by Gasteiger charge is 2.04. The fourth-order valence-electron chi connectivity index (χ4n) is 0.896. The fourth-order valence-corrected chi connectivity index (χ4v) is 1.36. The van der Waals surface area contributed by atoms with Gasteiger partial charge < -0.3 is 4.74 Å². The van der Waals surface area contributed by atoms with E-state index in [9.17, 15) is 4.79 Å². The van der Waals surface area contributed by atoms with E-state index in [1.165, 1.54) is 13.3 Å². The van der Waals surface area contributed by atoms with Crippen molar-refractivity contribution >= 4 is 17.7 Å². The molecule has 0 aromatic carbocycles. The summed E-state index contributed by atoms with van der Waals surface area (Å²) in [6.45, 7) is 0. The summed E-state index contributed by atoms with van der Waals surface area (Å²) in [5.74, 6) is 0.518. The topological polar surface area (TPSA) is 39.2 Å². The zero-order valence-corrected chi connectivity index (χ0v) is 8.43. The summed E-state index contributed by atoms with van der Waals surface area (Å²) in [4.78, 5) is 15.1. The van der Waals surface area contributed by atoms with Crippen molar-refractivity contribution in [2.45, 2.75) is 5.75 Å². The van der Waals surface area contributed by atoms with Crippen molar-refractivity contribution in [3.8, 4) is 0 Å². The van der Waals surface area contributed by atoms with Crippen LogP contribution in [-0.4, -0.2) is 24.3 Å². The third kappa shape index (κ3) is 2.73. The highest BCUT2D eigenvalue weighted by molar-refractivity contribution is 7.97. The first kappa shape index (κ1) is 10.1. The van der Waals surface area contributed by atoms with Crippen molar-refractivity contribution in [1.82, 2.24) is 4.98 Å². The molecule has 1 heterocycles. The minimum absolute atomic E-state index is 0.344. The SMILES string of the molecule is COC(=O)c1ccc(CSC)nc1. The fraction of sp³-hybridized carbons (Fsp3) is 0.333. The highest BCUT2D eigenvalue weighted by Crippen LogP contribution is 2.07. The first-order valence-corrected chi connectivity index (χ1v) is 5.19. The van der Waals surface area contributed by atoms with Crippen LogP contribution in [0.15, 0.2) is 18.3 Å². The molecule has 0 unspecified atom stereocenters. The lowest BCUT2D eigenvalue weighted by atomic mass is 10.2. The molecule has 1 aromatic rings. The maximum absolute atomic E-state index is 11.0. The number of nitrogens with zero attached hydrogens (tertiary/aromatic N) is 1. The van der Waals surface area contributed by atoms with Gasteiger partial charge in [0.15, 0.2) is 0 Å². The number of rotatable bonds is 3. The van der Waals surface area contributed by atoms with Gasteiger partial charge in [0, 0.05) is 11.9 Å². The number of ether oxygens (including phenoxy) is 1. The molecule has 70 valence electrons. The van der Waals surface area contributed by atoms with Crippen molar-refractivity contribution < 1.29 is 9.53 Å². The third-order valence-corrected chi connectivity index (χ3v) is 2.12.